The summed E-state index contributed by atoms with van der Waals surface area (Å²) in [5.74, 6) is 1.18. The van der Waals surface area contributed by atoms with Gasteiger partial charge in [0.1, 0.15) is 5.82 Å². The first-order valence-electron chi connectivity index (χ1n) is 5.11. The van der Waals surface area contributed by atoms with Crippen LogP contribution < -0.4 is 5.32 Å². The Balaban J connectivity index is 2.46. The van der Waals surface area contributed by atoms with Crippen LogP contribution >= 0.6 is 27.5 Å². The minimum Gasteiger partial charge on any atom is -0.311 e. The first-order chi connectivity index (χ1) is 7.63. The van der Waals surface area contributed by atoms with Crippen LogP contribution in [0.2, 0.25) is 0 Å². The molecule has 1 rings (SSSR count). The molecule has 0 radical (unpaired) electrons. The van der Waals surface area contributed by atoms with Gasteiger partial charge >= 0.3 is 0 Å². The van der Waals surface area contributed by atoms with E-state index >= 15 is 0 Å². The number of alkyl halides is 1. The fraction of sp³-hybridized carbons (Fsp3) is 0.455. The van der Waals surface area contributed by atoms with Crippen molar-refractivity contribution in [1.29, 1.82) is 0 Å². The normalized spacial score (nSPS) is 10.2. The van der Waals surface area contributed by atoms with Gasteiger partial charge in [-0.3, -0.25) is 4.79 Å². The molecule has 0 aliphatic rings. The minimum atomic E-state index is -0.0145. The molecule has 0 atom stereocenters. The van der Waals surface area contributed by atoms with Crippen molar-refractivity contribution in [2.24, 2.45) is 0 Å². The van der Waals surface area contributed by atoms with E-state index in [1.54, 1.807) is 6.20 Å². The molecule has 16 heavy (non-hydrogen) atoms. The lowest BCUT2D eigenvalue weighted by molar-refractivity contribution is -0.116. The van der Waals surface area contributed by atoms with Crippen LogP contribution in [-0.2, 0) is 4.79 Å². The highest BCUT2D eigenvalue weighted by Crippen LogP contribution is 2.17. The van der Waals surface area contributed by atoms with Crippen LogP contribution in [0, 0.1) is 6.92 Å². The van der Waals surface area contributed by atoms with Gasteiger partial charge in [0.05, 0.1) is 0 Å². The van der Waals surface area contributed by atoms with Gasteiger partial charge in [-0.15, -0.1) is 11.6 Å². The van der Waals surface area contributed by atoms with Gasteiger partial charge in [0.25, 0.3) is 0 Å². The lowest BCUT2D eigenvalue weighted by atomic mass is 10.2. The van der Waals surface area contributed by atoms with E-state index in [1.165, 1.54) is 0 Å². The van der Waals surface area contributed by atoms with Crippen molar-refractivity contribution >= 4 is 39.3 Å². The predicted octanol–water partition coefficient (Wildman–Crippen LogP) is 3.50. The maximum atomic E-state index is 11.5. The summed E-state index contributed by atoms with van der Waals surface area (Å²) in [5.41, 5.74) is 1.05. The van der Waals surface area contributed by atoms with Gasteiger partial charge in [-0.2, -0.15) is 0 Å². The fourth-order valence-corrected chi connectivity index (χ4v) is 1.60. The number of rotatable bonds is 5. The van der Waals surface area contributed by atoms with Crippen LogP contribution in [0.4, 0.5) is 5.82 Å². The van der Waals surface area contributed by atoms with Gasteiger partial charge in [-0.1, -0.05) is 0 Å². The molecule has 0 saturated heterocycles. The standard InChI is InChI=1S/C11H14BrClN2O/c1-8-6-10(14-7-9(8)12)15-11(16)4-2-3-5-13/h6-7H,2-5H2,1H3,(H,14,15,16). The average Bonchev–Trinajstić information content (AvgIpc) is 2.24. The summed E-state index contributed by atoms with van der Waals surface area (Å²) in [5, 5.41) is 2.75. The molecule has 1 amide bonds. The van der Waals surface area contributed by atoms with Gasteiger partial charge < -0.3 is 5.32 Å². The van der Waals surface area contributed by atoms with Crippen molar-refractivity contribution in [1.82, 2.24) is 4.98 Å². The van der Waals surface area contributed by atoms with Crippen molar-refractivity contribution in [2.75, 3.05) is 11.2 Å². The van der Waals surface area contributed by atoms with Crippen molar-refractivity contribution in [3.63, 3.8) is 0 Å². The number of hydrogen-bond acceptors (Lipinski definition) is 2. The Kier molecular flexibility index (Phi) is 5.77. The van der Waals surface area contributed by atoms with E-state index in [0.29, 0.717) is 18.1 Å². The molecule has 0 aromatic carbocycles. The van der Waals surface area contributed by atoms with E-state index in [-0.39, 0.29) is 5.91 Å². The largest absolute Gasteiger partial charge is 0.311 e. The van der Waals surface area contributed by atoms with E-state index in [1.807, 2.05) is 13.0 Å². The second kappa shape index (κ2) is 6.86. The van der Waals surface area contributed by atoms with E-state index in [2.05, 4.69) is 26.2 Å². The summed E-state index contributed by atoms with van der Waals surface area (Å²) in [7, 11) is 0. The summed E-state index contributed by atoms with van der Waals surface area (Å²) in [6, 6.07) is 1.84. The molecule has 0 bridgehead atoms. The SMILES string of the molecule is Cc1cc(NC(=O)CCCCCl)ncc1Br. The van der Waals surface area contributed by atoms with Crippen LogP contribution in [0.25, 0.3) is 0 Å². The molecule has 0 unspecified atom stereocenters. The molecule has 88 valence electrons. The molecule has 1 N–H and O–H groups in total. The molecule has 1 heterocycles. The van der Waals surface area contributed by atoms with Crippen LogP contribution in [0.3, 0.4) is 0 Å². The summed E-state index contributed by atoms with van der Waals surface area (Å²) in [6.07, 6.45) is 3.85. The first-order valence-corrected chi connectivity index (χ1v) is 6.44. The molecule has 0 spiro atoms. The highest BCUT2D eigenvalue weighted by molar-refractivity contribution is 9.10. The third-order valence-corrected chi connectivity index (χ3v) is 3.20. The van der Waals surface area contributed by atoms with Crippen LogP contribution in [0.5, 0.6) is 0 Å². The Morgan fingerprint density at radius 2 is 2.31 bits per heavy atom. The number of amides is 1. The second-order valence-electron chi connectivity index (χ2n) is 3.51. The van der Waals surface area contributed by atoms with Crippen molar-refractivity contribution in [3.05, 3.63) is 22.3 Å². The summed E-state index contributed by atoms with van der Waals surface area (Å²) in [6.45, 7) is 1.95. The smallest absolute Gasteiger partial charge is 0.225 e. The molecule has 0 aliphatic heterocycles. The molecule has 3 nitrogen and oxygen atoms in total. The Labute approximate surface area is 109 Å². The topological polar surface area (TPSA) is 42.0 Å². The predicted molar refractivity (Wildman–Crippen MR) is 69.9 cm³/mol. The number of halogens is 2. The molecular formula is C11H14BrClN2O. The Bertz CT molecular complexity index is 371. The van der Waals surface area contributed by atoms with Gasteiger partial charge in [0.15, 0.2) is 0 Å². The summed E-state index contributed by atoms with van der Waals surface area (Å²) >= 11 is 8.89. The third-order valence-electron chi connectivity index (χ3n) is 2.10. The number of anilines is 1. The summed E-state index contributed by atoms with van der Waals surface area (Å²) < 4.78 is 0.938. The number of nitrogens with zero attached hydrogens (tertiary/aromatic N) is 1. The lowest BCUT2D eigenvalue weighted by Gasteiger charge is -2.05. The van der Waals surface area contributed by atoms with E-state index in [0.717, 1.165) is 22.9 Å². The molecule has 0 fully saturated rings. The zero-order valence-electron chi connectivity index (χ0n) is 9.09. The third kappa shape index (κ3) is 4.49. The second-order valence-corrected chi connectivity index (χ2v) is 4.75. The number of hydrogen-bond donors (Lipinski definition) is 1. The fourth-order valence-electron chi connectivity index (χ4n) is 1.19. The zero-order chi connectivity index (χ0) is 12.0. The molecule has 1 aromatic rings. The Morgan fingerprint density at radius 1 is 1.56 bits per heavy atom. The Morgan fingerprint density at radius 3 is 2.94 bits per heavy atom. The maximum absolute atomic E-state index is 11.5. The molecule has 5 heteroatoms. The number of carbonyl (C=O) groups excluding carboxylic acids is 1. The first kappa shape index (κ1) is 13.5. The van der Waals surface area contributed by atoms with Gasteiger partial charge in [-0.05, 0) is 47.3 Å². The molecule has 0 saturated carbocycles. The molecule has 1 aromatic heterocycles. The number of nitrogens with one attached hydrogen (secondary N) is 1. The highest BCUT2D eigenvalue weighted by atomic mass is 79.9. The monoisotopic (exact) mass is 304 g/mol. The number of aromatic nitrogens is 1. The number of pyridine rings is 1. The number of aryl methyl sites for hydroxylation is 1. The van der Waals surface area contributed by atoms with Gasteiger partial charge in [0.2, 0.25) is 5.91 Å². The van der Waals surface area contributed by atoms with Gasteiger partial charge in [-0.25, -0.2) is 4.98 Å². The van der Waals surface area contributed by atoms with E-state index in [9.17, 15) is 4.79 Å². The quantitative estimate of drug-likeness (QED) is 0.668. The lowest BCUT2D eigenvalue weighted by Crippen LogP contribution is -2.12. The molecular weight excluding hydrogens is 291 g/mol. The maximum Gasteiger partial charge on any atom is 0.225 e. The van der Waals surface area contributed by atoms with Crippen molar-refractivity contribution < 1.29 is 4.79 Å². The van der Waals surface area contributed by atoms with Crippen molar-refractivity contribution in [2.45, 2.75) is 26.2 Å². The molecule has 0 aliphatic carbocycles. The van der Waals surface area contributed by atoms with Crippen molar-refractivity contribution in [3.8, 4) is 0 Å². The zero-order valence-corrected chi connectivity index (χ0v) is 11.4. The average molecular weight is 306 g/mol. The Hall–Kier alpha value is -0.610. The van der Waals surface area contributed by atoms with Crippen LogP contribution in [-0.4, -0.2) is 16.8 Å². The van der Waals surface area contributed by atoms with E-state index < -0.39 is 0 Å². The van der Waals surface area contributed by atoms with Gasteiger partial charge in [0, 0.05) is 23.0 Å². The van der Waals surface area contributed by atoms with E-state index in [4.69, 9.17) is 11.6 Å². The minimum absolute atomic E-state index is 0.0145. The number of unbranched alkanes of at least 4 members (excludes halogenated alkanes) is 1. The number of carbonyl (C=O) groups is 1. The van der Waals surface area contributed by atoms with Crippen LogP contribution in [0.1, 0.15) is 24.8 Å². The highest BCUT2D eigenvalue weighted by Gasteiger charge is 2.04. The van der Waals surface area contributed by atoms with Crippen LogP contribution in [0.15, 0.2) is 16.7 Å². The summed E-state index contributed by atoms with van der Waals surface area (Å²) in [4.78, 5) is 15.6.